The zero-order valence-corrected chi connectivity index (χ0v) is 12.1. The molecular formula is C16H21N2O2-. The van der Waals surface area contributed by atoms with Crippen molar-refractivity contribution in [1.82, 2.24) is 4.90 Å². The van der Waals surface area contributed by atoms with Crippen LogP contribution in [0.3, 0.4) is 0 Å². The highest BCUT2D eigenvalue weighted by Crippen LogP contribution is 2.40. The van der Waals surface area contributed by atoms with Crippen LogP contribution in [0.4, 0.5) is 0 Å². The van der Waals surface area contributed by atoms with Crippen LogP contribution < -0.4 is 0 Å². The summed E-state index contributed by atoms with van der Waals surface area (Å²) in [6, 6.07) is 1.22. The summed E-state index contributed by atoms with van der Waals surface area (Å²) in [6.07, 6.45) is 7.37. The molecule has 0 radical (unpaired) electrons. The van der Waals surface area contributed by atoms with E-state index in [2.05, 4.69) is 25.3 Å². The lowest BCUT2D eigenvalue weighted by molar-refractivity contribution is -0.475. The van der Waals surface area contributed by atoms with Crippen LogP contribution in [0.5, 0.6) is 0 Å². The fourth-order valence-electron chi connectivity index (χ4n) is 3.14. The SMILES string of the molecule is C=[N+]1CCC2=C(C3CN(C(=O)C(C)(C)O)C3)[CH-]C=C[C-]21. The third-order valence-corrected chi connectivity index (χ3v) is 4.29. The van der Waals surface area contributed by atoms with Gasteiger partial charge in [-0.1, -0.05) is 0 Å². The van der Waals surface area contributed by atoms with Crippen LogP contribution in [0.25, 0.3) is 0 Å². The number of carbonyl (C=O) groups excluding carboxylic acids is 1. The molecule has 0 spiro atoms. The standard InChI is InChI=1S/C16H21N2O2/c1-16(2,20)15(19)18-9-11(10-18)12-5-4-6-14-13(12)7-8-17(14)3/h4-6,11,20H,3,7-10H2,1-2H3/q-1. The number of fused-ring (bicyclic) bond motifs is 1. The minimum Gasteiger partial charge on any atom is -0.381 e. The Hall–Kier alpha value is -1.68. The van der Waals surface area contributed by atoms with Crippen LogP contribution in [0.1, 0.15) is 20.3 Å². The van der Waals surface area contributed by atoms with Crippen molar-refractivity contribution < 1.29 is 14.5 Å². The summed E-state index contributed by atoms with van der Waals surface area (Å²) in [7, 11) is 0. The molecule has 0 bridgehead atoms. The van der Waals surface area contributed by atoms with Gasteiger partial charge in [0.1, 0.15) is 12.1 Å². The molecular weight excluding hydrogens is 252 g/mol. The molecule has 108 valence electrons. The summed E-state index contributed by atoms with van der Waals surface area (Å²) in [6.45, 7) is 9.50. The summed E-state index contributed by atoms with van der Waals surface area (Å²) in [5, 5.41) is 9.76. The molecule has 2 heterocycles. The van der Waals surface area contributed by atoms with E-state index in [9.17, 15) is 9.90 Å². The maximum atomic E-state index is 12.0. The number of amides is 1. The molecule has 0 aromatic carbocycles. The van der Waals surface area contributed by atoms with E-state index in [-0.39, 0.29) is 5.91 Å². The normalized spacial score (nSPS) is 22.9. The van der Waals surface area contributed by atoms with Gasteiger partial charge in [-0.3, -0.25) is 4.79 Å². The maximum absolute atomic E-state index is 12.0. The molecule has 0 saturated carbocycles. The molecule has 0 atom stereocenters. The molecule has 2 fully saturated rings. The molecule has 0 unspecified atom stereocenters. The molecule has 2 aliphatic heterocycles. The predicted octanol–water partition coefficient (Wildman–Crippen LogP) is 0.935. The molecule has 0 aromatic rings. The molecule has 1 N–H and O–H groups in total. The number of carbonyl (C=O) groups is 1. The Morgan fingerprint density at radius 1 is 1.60 bits per heavy atom. The van der Waals surface area contributed by atoms with Crippen LogP contribution >= 0.6 is 0 Å². The van der Waals surface area contributed by atoms with Crippen molar-refractivity contribution in [3.63, 3.8) is 0 Å². The number of rotatable bonds is 2. The number of hydrogen-bond donors (Lipinski definition) is 1. The van der Waals surface area contributed by atoms with Gasteiger partial charge in [-0.05, 0) is 26.2 Å². The van der Waals surface area contributed by atoms with Crippen LogP contribution in [0, 0.1) is 18.4 Å². The van der Waals surface area contributed by atoms with Crippen molar-refractivity contribution in [1.29, 1.82) is 0 Å². The molecule has 4 heteroatoms. The number of aliphatic hydroxyl groups is 1. The van der Waals surface area contributed by atoms with Gasteiger partial charge in [0.05, 0.1) is 6.72 Å². The molecule has 2 saturated heterocycles. The van der Waals surface area contributed by atoms with Crippen LogP contribution in [-0.4, -0.2) is 52.4 Å². The zero-order chi connectivity index (χ0) is 14.5. The van der Waals surface area contributed by atoms with E-state index in [0.29, 0.717) is 19.0 Å². The van der Waals surface area contributed by atoms with Gasteiger partial charge in [0.2, 0.25) is 0 Å². The molecule has 0 aromatic heterocycles. The first-order valence-electron chi connectivity index (χ1n) is 7.09. The van der Waals surface area contributed by atoms with Gasteiger partial charge in [0.15, 0.2) is 0 Å². The summed E-state index contributed by atoms with van der Waals surface area (Å²) >= 11 is 0. The first kappa shape index (κ1) is 13.3. The molecule has 3 aliphatic rings. The first-order valence-corrected chi connectivity index (χ1v) is 7.09. The second-order valence-electron chi connectivity index (χ2n) is 6.32. The van der Waals surface area contributed by atoms with Crippen LogP contribution in [0.15, 0.2) is 23.3 Å². The summed E-state index contributed by atoms with van der Waals surface area (Å²) < 4.78 is 2.04. The largest absolute Gasteiger partial charge is 0.381 e. The topological polar surface area (TPSA) is 43.5 Å². The highest BCUT2D eigenvalue weighted by Gasteiger charge is 2.37. The van der Waals surface area contributed by atoms with Gasteiger partial charge < -0.3 is 14.6 Å². The van der Waals surface area contributed by atoms with E-state index in [1.165, 1.54) is 17.2 Å². The Bertz CT molecular complexity index is 519. The third-order valence-electron chi connectivity index (χ3n) is 4.29. The predicted molar refractivity (Wildman–Crippen MR) is 76.9 cm³/mol. The van der Waals surface area contributed by atoms with E-state index in [1.54, 1.807) is 18.7 Å². The molecule has 3 rings (SSSR count). The van der Waals surface area contributed by atoms with Gasteiger partial charge in [0.25, 0.3) is 5.91 Å². The molecule has 1 amide bonds. The van der Waals surface area contributed by atoms with Gasteiger partial charge >= 0.3 is 0 Å². The Morgan fingerprint density at radius 2 is 2.30 bits per heavy atom. The Kier molecular flexibility index (Phi) is 2.94. The lowest BCUT2D eigenvalue weighted by Crippen LogP contribution is -2.56. The summed E-state index contributed by atoms with van der Waals surface area (Å²) in [5.74, 6) is 0.211. The highest BCUT2D eigenvalue weighted by atomic mass is 16.3. The van der Waals surface area contributed by atoms with E-state index < -0.39 is 5.60 Å². The van der Waals surface area contributed by atoms with Crippen LogP contribution in [0.2, 0.25) is 0 Å². The van der Waals surface area contributed by atoms with E-state index >= 15 is 0 Å². The quantitative estimate of drug-likeness (QED) is 0.601. The van der Waals surface area contributed by atoms with E-state index in [4.69, 9.17) is 0 Å². The smallest absolute Gasteiger partial charge is 0.253 e. The van der Waals surface area contributed by atoms with Gasteiger partial charge in [-0.25, -0.2) is 18.1 Å². The highest BCUT2D eigenvalue weighted by molar-refractivity contribution is 5.85. The molecule has 4 nitrogen and oxygen atoms in total. The lowest BCUT2D eigenvalue weighted by Gasteiger charge is -2.48. The first-order chi connectivity index (χ1) is 9.38. The van der Waals surface area contributed by atoms with Crippen molar-refractivity contribution in [2.24, 2.45) is 5.92 Å². The van der Waals surface area contributed by atoms with E-state index in [0.717, 1.165) is 13.0 Å². The van der Waals surface area contributed by atoms with Crippen molar-refractivity contribution in [2.45, 2.75) is 25.9 Å². The number of allylic oxidation sites excluding steroid dienone is 1. The summed E-state index contributed by atoms with van der Waals surface area (Å²) in [5.41, 5.74) is 1.45. The van der Waals surface area contributed by atoms with Crippen molar-refractivity contribution in [3.05, 3.63) is 35.8 Å². The Balaban J connectivity index is 1.70. The van der Waals surface area contributed by atoms with E-state index in [1.807, 2.05) is 4.58 Å². The lowest BCUT2D eigenvalue weighted by atomic mass is 9.80. The molecule has 20 heavy (non-hydrogen) atoms. The second-order valence-corrected chi connectivity index (χ2v) is 6.32. The van der Waals surface area contributed by atoms with Crippen molar-refractivity contribution >= 4 is 12.6 Å². The average molecular weight is 273 g/mol. The second kappa shape index (κ2) is 4.42. The molecule has 1 aliphatic carbocycles. The van der Waals surface area contributed by atoms with Crippen molar-refractivity contribution in [2.75, 3.05) is 19.6 Å². The average Bonchev–Trinajstić information content (AvgIpc) is 2.69. The summed E-state index contributed by atoms with van der Waals surface area (Å²) in [4.78, 5) is 13.7. The number of likely N-dealkylation sites (tertiary alicyclic amines) is 1. The van der Waals surface area contributed by atoms with Crippen LogP contribution in [-0.2, 0) is 4.79 Å². The third kappa shape index (κ3) is 2.04. The minimum atomic E-state index is -1.27. The monoisotopic (exact) mass is 273 g/mol. The van der Waals surface area contributed by atoms with Gasteiger partial charge in [0, 0.05) is 19.1 Å². The minimum absolute atomic E-state index is 0.180. The Labute approximate surface area is 120 Å². The van der Waals surface area contributed by atoms with Gasteiger partial charge in [-0.15, -0.1) is 0 Å². The fraction of sp³-hybridized carbons (Fsp3) is 0.500. The number of nitrogens with zero attached hydrogens (tertiary/aromatic N) is 2. The van der Waals surface area contributed by atoms with Crippen molar-refractivity contribution in [3.8, 4) is 0 Å². The number of hydrogen-bond acceptors (Lipinski definition) is 2. The van der Waals surface area contributed by atoms with Gasteiger partial charge in [-0.2, -0.15) is 11.6 Å². The zero-order valence-electron chi connectivity index (χ0n) is 12.1. The fourth-order valence-corrected chi connectivity index (χ4v) is 3.14. The Morgan fingerprint density at radius 3 is 2.95 bits per heavy atom. The maximum Gasteiger partial charge on any atom is 0.253 e.